The molecule has 0 unspecified atom stereocenters. The molecule has 3 heterocycles. The third kappa shape index (κ3) is 12.5. The Morgan fingerprint density at radius 2 is 0.932 bits per heavy atom. The Labute approximate surface area is 433 Å². The number of halogens is 3. The van der Waals surface area contributed by atoms with E-state index < -0.39 is 32.2 Å². The lowest BCUT2D eigenvalue weighted by Gasteiger charge is -2.34. The van der Waals surface area contributed by atoms with Crippen molar-refractivity contribution in [1.29, 1.82) is 0 Å². The topological polar surface area (TPSA) is 121 Å². The Morgan fingerprint density at radius 3 is 1.27 bits per heavy atom. The van der Waals surface area contributed by atoms with E-state index in [0.717, 1.165) is 59.0 Å². The number of aryl methyl sites for hydroxylation is 4. The van der Waals surface area contributed by atoms with Crippen molar-refractivity contribution < 1.29 is 54.8 Å². The smallest absolute Gasteiger partial charge is 0.399 e. The Balaban J connectivity index is 0.000000238. The maximum Gasteiger partial charge on any atom is 0.534 e. The van der Waals surface area contributed by atoms with Crippen molar-refractivity contribution >= 4 is 34.9 Å². The molecule has 0 radical (unpaired) electrons. The lowest BCUT2D eigenvalue weighted by Crippen LogP contribution is -2.41. The minimum Gasteiger partial charge on any atom is -0.399 e. The predicted molar refractivity (Wildman–Crippen MR) is 287 cm³/mol. The minimum absolute atomic E-state index is 0.0782. The molecule has 3 aliphatic heterocycles. The molecule has 14 heteroatoms. The van der Waals surface area contributed by atoms with Gasteiger partial charge in [-0.15, -0.1) is 0 Å². The zero-order valence-corrected chi connectivity index (χ0v) is 45.9. The monoisotopic (exact) mass is 1030 g/mol. The summed E-state index contributed by atoms with van der Waals surface area (Å²) in [6, 6.07) is 24.3. The quantitative estimate of drug-likeness (QED) is 0.0681. The molecule has 0 aliphatic carbocycles. The van der Waals surface area contributed by atoms with E-state index >= 15 is 0 Å². The summed E-state index contributed by atoms with van der Waals surface area (Å²) in [5, 5.41) is 21.6. The predicted octanol–water partition coefficient (Wildman–Crippen LogP) is 12.5. The molecular formula is C59H78BF3O9S. The summed E-state index contributed by atoms with van der Waals surface area (Å²) in [7, 11) is -6.10. The van der Waals surface area contributed by atoms with E-state index in [4.69, 9.17) is 18.8 Å². The van der Waals surface area contributed by atoms with Gasteiger partial charge >= 0.3 is 22.7 Å². The molecule has 398 valence electrons. The highest BCUT2D eigenvalue weighted by Gasteiger charge is 2.52. The van der Waals surface area contributed by atoms with Crippen LogP contribution in [0, 0.1) is 27.7 Å². The van der Waals surface area contributed by atoms with Crippen molar-refractivity contribution in [3.63, 3.8) is 0 Å². The van der Waals surface area contributed by atoms with Crippen LogP contribution in [0.25, 0.3) is 12.2 Å². The molecule has 4 aromatic carbocycles. The molecule has 0 spiro atoms. The number of hydrogen-bond acceptors (Lipinski definition) is 9. The van der Waals surface area contributed by atoms with Crippen molar-refractivity contribution in [1.82, 2.24) is 0 Å². The number of hydrogen-bond donors (Lipinski definition) is 2. The largest absolute Gasteiger partial charge is 0.534 e. The van der Waals surface area contributed by atoms with Crippen LogP contribution in [0.5, 0.6) is 5.75 Å². The van der Waals surface area contributed by atoms with E-state index in [-0.39, 0.29) is 29.5 Å². The first-order valence-corrected chi connectivity index (χ1v) is 27.3. The fourth-order valence-corrected chi connectivity index (χ4v) is 11.0. The van der Waals surface area contributed by atoms with Crippen LogP contribution in [0.15, 0.2) is 84.9 Å². The van der Waals surface area contributed by atoms with E-state index in [9.17, 15) is 31.8 Å². The van der Waals surface area contributed by atoms with Crippen LogP contribution in [-0.2, 0) is 39.7 Å². The number of alkyl halides is 3. The van der Waals surface area contributed by atoms with Gasteiger partial charge in [0.1, 0.15) is 5.75 Å². The highest BCUT2D eigenvalue weighted by molar-refractivity contribution is 7.88. The van der Waals surface area contributed by atoms with Crippen molar-refractivity contribution in [2.45, 2.75) is 173 Å². The maximum absolute atomic E-state index is 12.8. The van der Waals surface area contributed by atoms with Gasteiger partial charge in [0.05, 0.1) is 22.4 Å². The first-order valence-electron chi connectivity index (χ1n) is 25.9. The molecule has 7 rings (SSSR count). The van der Waals surface area contributed by atoms with E-state index in [1.165, 1.54) is 35.2 Å². The van der Waals surface area contributed by atoms with Gasteiger partial charge in [-0.25, -0.2) is 0 Å². The molecule has 4 aromatic rings. The normalized spacial score (nSPS) is 19.0. The molecule has 0 saturated carbocycles. The molecule has 3 aliphatic rings. The Bertz CT molecular complexity index is 2710. The summed E-state index contributed by atoms with van der Waals surface area (Å²) in [5.74, 6) is -0.347. The third-order valence-electron chi connectivity index (χ3n) is 16.5. The fourth-order valence-electron chi connectivity index (χ4n) is 10.5. The minimum atomic E-state index is -5.74. The van der Waals surface area contributed by atoms with Gasteiger partial charge in [0, 0.05) is 62.9 Å². The highest BCUT2D eigenvalue weighted by Crippen LogP contribution is 2.43. The Morgan fingerprint density at radius 1 is 0.575 bits per heavy atom. The second-order valence-electron chi connectivity index (χ2n) is 21.4. The third-order valence-corrected chi connectivity index (χ3v) is 17.4. The lowest BCUT2D eigenvalue weighted by molar-refractivity contribution is -0.0500. The molecule has 3 saturated heterocycles. The van der Waals surface area contributed by atoms with Crippen molar-refractivity contribution in [2.24, 2.45) is 0 Å². The second kappa shape index (κ2) is 22.5. The number of aliphatic hydroxyl groups is 2. The van der Waals surface area contributed by atoms with Gasteiger partial charge in [-0.3, -0.25) is 0 Å². The summed E-state index contributed by atoms with van der Waals surface area (Å²) in [5.41, 5.74) is 3.19. The summed E-state index contributed by atoms with van der Waals surface area (Å²) < 4.78 is 89.0. The molecule has 9 nitrogen and oxygen atoms in total. The summed E-state index contributed by atoms with van der Waals surface area (Å²) >= 11 is 0. The Kier molecular flexibility index (Phi) is 17.9. The van der Waals surface area contributed by atoms with Crippen LogP contribution in [0.2, 0.25) is 0 Å². The lowest BCUT2D eigenvalue weighted by atomic mass is 9.68. The average Bonchev–Trinajstić information content (AvgIpc) is 3.55. The summed E-state index contributed by atoms with van der Waals surface area (Å²) in [6.07, 6.45) is 13.7. The zero-order valence-electron chi connectivity index (χ0n) is 45.1. The molecule has 0 amide bonds. The molecule has 0 bridgehead atoms. The first-order chi connectivity index (χ1) is 34.1. The number of rotatable bonds is 15. The maximum atomic E-state index is 12.8. The van der Waals surface area contributed by atoms with Gasteiger partial charge in [-0.2, -0.15) is 21.6 Å². The molecule has 0 aromatic heterocycles. The van der Waals surface area contributed by atoms with Gasteiger partial charge in [0.25, 0.3) is 0 Å². The molecule has 3 fully saturated rings. The van der Waals surface area contributed by atoms with Crippen molar-refractivity contribution in [3.8, 4) is 5.75 Å². The standard InChI is InChI=1S/C32H45BO4.C27H33F3O5S/c1-9-32(10-2,26-12-11-25(23(3)21-26)15-16-31(34)17-19-35-20-18-31)27-13-14-28(24(4)22-27)33-36-29(5,6)30(7,8)37-33;1-5-26(6-2,23-9-10-24(20(4)18-23)35-36(32,33)27(28,29)30)22-8-7-21(19(3)17-22)11-12-25(31)13-15-34-16-14-25/h11-16,21-22,34H,9-10,17-20H2,1-8H3;7-12,17-18,31H,5-6,13-16H2,1-4H3/b16-15+;12-11+. The molecule has 73 heavy (non-hydrogen) atoms. The SMILES string of the molecule is CCC(CC)(c1ccc(/C=C/C2(O)CCOCC2)c(C)c1)c1ccc(B2OC(C)(C)C(C)(C)O2)c(C)c1.CCC(CC)(c1ccc(/C=C/C2(O)CCOCC2)c(C)c1)c1ccc(OS(=O)(=O)C(F)(F)F)c(C)c1. The van der Waals surface area contributed by atoms with Gasteiger partial charge in [0.2, 0.25) is 0 Å². The van der Waals surface area contributed by atoms with Crippen LogP contribution >= 0.6 is 0 Å². The number of benzene rings is 4. The summed E-state index contributed by atoms with van der Waals surface area (Å²) in [6.45, 7) is 27.2. The van der Waals surface area contributed by atoms with Gasteiger partial charge in [0.15, 0.2) is 0 Å². The molecular weight excluding hydrogens is 953 g/mol. The van der Waals surface area contributed by atoms with Crippen LogP contribution in [-0.4, -0.2) is 80.1 Å². The van der Waals surface area contributed by atoms with Crippen LogP contribution in [0.3, 0.4) is 0 Å². The van der Waals surface area contributed by atoms with Crippen molar-refractivity contribution in [3.05, 3.63) is 141 Å². The molecule has 0 atom stereocenters. The van der Waals surface area contributed by atoms with E-state index in [1.807, 2.05) is 51.1 Å². The fraction of sp³-hybridized carbons (Fsp3) is 0.525. The highest BCUT2D eigenvalue weighted by atomic mass is 32.2. The van der Waals surface area contributed by atoms with E-state index in [1.54, 1.807) is 12.1 Å². The second-order valence-corrected chi connectivity index (χ2v) is 23.0. The van der Waals surface area contributed by atoms with Gasteiger partial charge in [-0.05, 0) is 143 Å². The van der Waals surface area contributed by atoms with Crippen LogP contribution < -0.4 is 9.65 Å². The number of ether oxygens (including phenoxy) is 2. The molecule has 2 N–H and O–H groups in total. The summed E-state index contributed by atoms with van der Waals surface area (Å²) in [4.78, 5) is 0. The first kappa shape index (κ1) is 58.0. The van der Waals surface area contributed by atoms with Crippen LogP contribution in [0.4, 0.5) is 13.2 Å². The Hall–Kier alpha value is -4.28. The van der Waals surface area contributed by atoms with Gasteiger partial charge in [-0.1, -0.05) is 124 Å². The van der Waals surface area contributed by atoms with Gasteiger partial charge < -0.3 is 33.2 Å². The van der Waals surface area contributed by atoms with E-state index in [0.29, 0.717) is 57.7 Å². The van der Waals surface area contributed by atoms with Crippen LogP contribution in [0.1, 0.15) is 162 Å². The van der Waals surface area contributed by atoms with Crippen molar-refractivity contribution in [2.75, 3.05) is 26.4 Å². The zero-order chi connectivity index (χ0) is 53.8. The van der Waals surface area contributed by atoms with E-state index in [2.05, 4.69) is 108 Å². The average molecular weight is 1030 g/mol.